The van der Waals surface area contributed by atoms with E-state index in [0.717, 1.165) is 35.1 Å². The molecule has 0 aliphatic heterocycles. The Kier molecular flexibility index (Phi) is 5.97. The second kappa shape index (κ2) is 8.44. The monoisotopic (exact) mass is 388 g/mol. The molecule has 0 saturated carbocycles. The van der Waals surface area contributed by atoms with Crippen molar-refractivity contribution in [3.05, 3.63) is 89.0 Å². The van der Waals surface area contributed by atoms with E-state index in [-0.39, 0.29) is 17.2 Å². The third kappa shape index (κ3) is 4.00. The molecular weight excluding hydrogens is 360 g/mol. The van der Waals surface area contributed by atoms with Crippen molar-refractivity contribution in [2.45, 2.75) is 39.0 Å². The van der Waals surface area contributed by atoms with Crippen molar-refractivity contribution in [3.63, 3.8) is 0 Å². The molecule has 3 aromatic rings. The maximum absolute atomic E-state index is 11.2. The smallest absolute Gasteiger partial charge is 0.126 e. The summed E-state index contributed by atoms with van der Waals surface area (Å²) in [5.74, 6) is 0.637. The van der Waals surface area contributed by atoms with Gasteiger partial charge in [0.2, 0.25) is 0 Å². The summed E-state index contributed by atoms with van der Waals surface area (Å²) in [5.41, 5.74) is 3.32. The number of para-hydroxylation sites is 3. The average Bonchev–Trinajstić information content (AvgIpc) is 2.70. The number of hydrogen-bond acceptors (Lipinski definition) is 3. The summed E-state index contributed by atoms with van der Waals surface area (Å²) in [6.07, 6.45) is 3.57. The van der Waals surface area contributed by atoms with Crippen molar-refractivity contribution in [3.8, 4) is 17.2 Å². The number of aromatic hydroxyl groups is 3. The van der Waals surface area contributed by atoms with Crippen molar-refractivity contribution in [1.29, 1.82) is 0 Å². The van der Waals surface area contributed by atoms with Crippen LogP contribution in [0.5, 0.6) is 17.2 Å². The zero-order valence-electron chi connectivity index (χ0n) is 17.2. The largest absolute Gasteiger partial charge is 0.508 e. The quantitative estimate of drug-likeness (QED) is 0.424. The fourth-order valence-electron chi connectivity index (χ4n) is 4.10. The highest BCUT2D eigenvalue weighted by atomic mass is 16.3. The Morgan fingerprint density at radius 3 is 2.10 bits per heavy atom. The molecule has 3 N–H and O–H groups in total. The molecule has 0 bridgehead atoms. The van der Waals surface area contributed by atoms with Gasteiger partial charge in [0.25, 0.3) is 0 Å². The Morgan fingerprint density at radius 2 is 1.45 bits per heavy atom. The molecule has 0 aliphatic rings. The van der Waals surface area contributed by atoms with Gasteiger partial charge in [-0.1, -0.05) is 74.9 Å². The summed E-state index contributed by atoms with van der Waals surface area (Å²) >= 11 is 0. The molecular formula is C26H28O3. The van der Waals surface area contributed by atoms with Crippen LogP contribution in [-0.2, 0) is 5.41 Å². The molecule has 1 atom stereocenters. The number of phenolic OH excluding ortho intramolecular Hbond substituents is 3. The predicted octanol–water partition coefficient (Wildman–Crippen LogP) is 6.47. The van der Waals surface area contributed by atoms with Crippen LogP contribution in [0.2, 0.25) is 0 Å². The van der Waals surface area contributed by atoms with Gasteiger partial charge in [-0.05, 0) is 37.1 Å². The van der Waals surface area contributed by atoms with E-state index >= 15 is 0 Å². The maximum Gasteiger partial charge on any atom is 0.126 e. The maximum atomic E-state index is 11.2. The first-order chi connectivity index (χ1) is 13.9. The van der Waals surface area contributed by atoms with Gasteiger partial charge in [0, 0.05) is 27.7 Å². The zero-order valence-corrected chi connectivity index (χ0v) is 17.2. The molecule has 0 aliphatic carbocycles. The molecule has 3 heteroatoms. The van der Waals surface area contributed by atoms with Gasteiger partial charge in [0.15, 0.2) is 0 Å². The predicted molar refractivity (Wildman–Crippen MR) is 119 cm³/mol. The minimum absolute atomic E-state index is 0.196. The van der Waals surface area contributed by atoms with E-state index < -0.39 is 5.41 Å². The van der Waals surface area contributed by atoms with Crippen LogP contribution in [0.1, 0.15) is 55.9 Å². The number of hydrogen-bond donors (Lipinski definition) is 3. The molecule has 0 heterocycles. The minimum Gasteiger partial charge on any atom is -0.508 e. The van der Waals surface area contributed by atoms with Gasteiger partial charge in [-0.15, -0.1) is 0 Å². The molecule has 3 rings (SSSR count). The lowest BCUT2D eigenvalue weighted by Gasteiger charge is -2.32. The number of rotatable bonds is 6. The summed E-state index contributed by atoms with van der Waals surface area (Å²) < 4.78 is 0. The van der Waals surface area contributed by atoms with E-state index in [9.17, 15) is 15.3 Å². The van der Waals surface area contributed by atoms with Crippen molar-refractivity contribution >= 4 is 11.6 Å². The van der Waals surface area contributed by atoms with E-state index in [1.165, 1.54) is 0 Å². The summed E-state index contributed by atoms with van der Waals surface area (Å²) in [6.45, 7) is 6.07. The Balaban J connectivity index is 2.13. The molecule has 0 radical (unpaired) electrons. The molecule has 0 amide bonds. The molecule has 150 valence electrons. The van der Waals surface area contributed by atoms with Gasteiger partial charge in [-0.3, -0.25) is 0 Å². The van der Waals surface area contributed by atoms with Gasteiger partial charge < -0.3 is 15.3 Å². The molecule has 1 unspecified atom stereocenters. The third-order valence-electron chi connectivity index (χ3n) is 5.61. The van der Waals surface area contributed by atoms with Crippen molar-refractivity contribution in [1.82, 2.24) is 0 Å². The van der Waals surface area contributed by atoms with Crippen molar-refractivity contribution in [2.75, 3.05) is 0 Å². The number of allylic oxidation sites excluding steroid dienone is 1. The van der Waals surface area contributed by atoms with Crippen molar-refractivity contribution < 1.29 is 15.3 Å². The molecule has 0 aromatic heterocycles. The lowest BCUT2D eigenvalue weighted by molar-refractivity contribution is 0.411. The van der Waals surface area contributed by atoms with Crippen LogP contribution in [0.4, 0.5) is 0 Å². The Bertz CT molecular complexity index is 1040. The van der Waals surface area contributed by atoms with Crippen LogP contribution < -0.4 is 0 Å². The standard InChI is InChI=1S/C26H28O3/c1-4-16-26(3,21-12-6-8-15-24(21)28)22-13-9-10-19(25(22)29)17-18(2)20-11-5-7-14-23(20)27/h5-15,17,27-29H,4,16H2,1-3H3/b18-17+. The fourth-order valence-corrected chi connectivity index (χ4v) is 4.10. The second-order valence-corrected chi connectivity index (χ2v) is 7.69. The second-order valence-electron chi connectivity index (χ2n) is 7.69. The highest BCUT2D eigenvalue weighted by Crippen LogP contribution is 2.45. The SMILES string of the molecule is CCCC(C)(c1ccccc1O)c1cccc(/C=C(\C)c2ccccc2O)c1O. The summed E-state index contributed by atoms with van der Waals surface area (Å²) in [6, 6.07) is 20.2. The van der Waals surface area contributed by atoms with Crippen LogP contribution >= 0.6 is 0 Å². The van der Waals surface area contributed by atoms with Gasteiger partial charge in [0.1, 0.15) is 17.2 Å². The Morgan fingerprint density at radius 1 is 0.828 bits per heavy atom. The first-order valence-corrected chi connectivity index (χ1v) is 9.96. The highest BCUT2D eigenvalue weighted by Gasteiger charge is 2.33. The topological polar surface area (TPSA) is 60.7 Å². The molecule has 0 spiro atoms. The van der Waals surface area contributed by atoms with Gasteiger partial charge in [-0.2, -0.15) is 0 Å². The minimum atomic E-state index is -0.531. The van der Waals surface area contributed by atoms with Gasteiger partial charge >= 0.3 is 0 Å². The fraction of sp³-hybridized carbons (Fsp3) is 0.231. The normalized spacial score (nSPS) is 13.8. The summed E-state index contributed by atoms with van der Waals surface area (Å²) in [4.78, 5) is 0. The van der Waals surface area contributed by atoms with Crippen LogP contribution in [0.3, 0.4) is 0 Å². The molecule has 0 saturated heterocycles. The van der Waals surface area contributed by atoms with E-state index in [2.05, 4.69) is 13.8 Å². The molecule has 3 nitrogen and oxygen atoms in total. The van der Waals surface area contributed by atoms with E-state index in [0.29, 0.717) is 5.56 Å². The Hall–Kier alpha value is -3.20. The van der Waals surface area contributed by atoms with E-state index in [1.807, 2.05) is 55.5 Å². The lowest BCUT2D eigenvalue weighted by Crippen LogP contribution is -2.24. The number of benzene rings is 3. The zero-order chi connectivity index (χ0) is 21.0. The molecule has 0 fully saturated rings. The summed E-state index contributed by atoms with van der Waals surface area (Å²) in [5, 5.41) is 31.8. The van der Waals surface area contributed by atoms with Gasteiger partial charge in [-0.25, -0.2) is 0 Å². The Labute approximate surface area is 172 Å². The first-order valence-electron chi connectivity index (χ1n) is 9.96. The summed E-state index contributed by atoms with van der Waals surface area (Å²) in [7, 11) is 0. The molecule has 29 heavy (non-hydrogen) atoms. The van der Waals surface area contributed by atoms with Crippen LogP contribution in [0, 0.1) is 0 Å². The van der Waals surface area contributed by atoms with E-state index in [1.54, 1.807) is 24.3 Å². The van der Waals surface area contributed by atoms with Crippen LogP contribution in [0.15, 0.2) is 66.7 Å². The molecule has 3 aromatic carbocycles. The number of phenols is 3. The average molecular weight is 389 g/mol. The highest BCUT2D eigenvalue weighted by molar-refractivity contribution is 5.84. The van der Waals surface area contributed by atoms with Gasteiger partial charge in [0.05, 0.1) is 0 Å². The van der Waals surface area contributed by atoms with Crippen LogP contribution in [-0.4, -0.2) is 15.3 Å². The van der Waals surface area contributed by atoms with E-state index in [4.69, 9.17) is 0 Å². The third-order valence-corrected chi connectivity index (χ3v) is 5.61. The van der Waals surface area contributed by atoms with Crippen molar-refractivity contribution in [2.24, 2.45) is 0 Å². The first kappa shape index (κ1) is 20.5. The van der Waals surface area contributed by atoms with Crippen LogP contribution in [0.25, 0.3) is 11.6 Å². The lowest BCUT2D eigenvalue weighted by atomic mass is 9.72.